The third-order valence-corrected chi connectivity index (χ3v) is 6.00. The minimum absolute atomic E-state index is 0.292. The number of hydrogen-bond acceptors (Lipinski definition) is 6. The molecule has 1 N–H and O–H groups in total. The van der Waals surface area contributed by atoms with E-state index in [4.69, 9.17) is 4.74 Å². The van der Waals surface area contributed by atoms with Crippen LogP contribution in [-0.4, -0.2) is 72.9 Å². The summed E-state index contributed by atoms with van der Waals surface area (Å²) >= 11 is 0. The van der Waals surface area contributed by atoms with Gasteiger partial charge in [-0.3, -0.25) is 4.90 Å². The molecule has 3 heterocycles. The van der Waals surface area contributed by atoms with Crippen molar-refractivity contribution < 1.29 is 13.5 Å². The molecule has 5 rings (SSSR count). The molecule has 32 heavy (non-hydrogen) atoms. The SMILES string of the molecule is Bc1nc(Nc2cc(C)cc(N3CCN(C4COC4)CC3)c2)nn1-c1cc(F)cc(F)c1. The lowest BCUT2D eigenvalue weighted by Crippen LogP contribution is -2.56. The Morgan fingerprint density at radius 2 is 1.69 bits per heavy atom. The van der Waals surface area contributed by atoms with E-state index in [1.165, 1.54) is 16.8 Å². The Morgan fingerprint density at radius 3 is 2.34 bits per heavy atom. The molecule has 0 spiro atoms. The monoisotopic (exact) mass is 438 g/mol. The maximum absolute atomic E-state index is 13.6. The van der Waals surface area contributed by atoms with Gasteiger partial charge in [0.25, 0.3) is 0 Å². The minimum atomic E-state index is -0.655. The number of benzene rings is 2. The van der Waals surface area contributed by atoms with E-state index in [2.05, 4.69) is 44.3 Å². The van der Waals surface area contributed by atoms with Gasteiger partial charge in [0, 0.05) is 43.6 Å². The number of rotatable bonds is 5. The zero-order valence-corrected chi connectivity index (χ0v) is 18.2. The Labute approximate surface area is 186 Å². The van der Waals surface area contributed by atoms with Crippen LogP contribution in [0.4, 0.5) is 26.1 Å². The molecule has 10 heteroatoms. The van der Waals surface area contributed by atoms with Gasteiger partial charge in [0.05, 0.1) is 30.7 Å². The van der Waals surface area contributed by atoms with Gasteiger partial charge in [0.1, 0.15) is 11.6 Å². The molecule has 2 aliphatic heterocycles. The van der Waals surface area contributed by atoms with Crippen LogP contribution < -0.4 is 15.9 Å². The number of hydrogen-bond donors (Lipinski definition) is 1. The fraction of sp³-hybridized carbons (Fsp3) is 0.364. The fourth-order valence-corrected chi connectivity index (χ4v) is 4.28. The molecule has 7 nitrogen and oxygen atoms in total. The van der Waals surface area contributed by atoms with Crippen molar-refractivity contribution in [2.75, 3.05) is 49.6 Å². The quantitative estimate of drug-likeness (QED) is 0.608. The maximum atomic E-state index is 13.6. The van der Waals surface area contributed by atoms with Gasteiger partial charge in [-0.25, -0.2) is 18.4 Å². The first-order valence-corrected chi connectivity index (χ1v) is 10.8. The number of piperazine rings is 1. The predicted octanol–water partition coefficient (Wildman–Crippen LogP) is 1.38. The summed E-state index contributed by atoms with van der Waals surface area (Å²) in [7, 11) is 1.75. The van der Waals surface area contributed by atoms with E-state index in [1.807, 2.05) is 6.07 Å². The zero-order chi connectivity index (χ0) is 22.2. The molecule has 1 aromatic heterocycles. The van der Waals surface area contributed by atoms with E-state index < -0.39 is 11.6 Å². The smallest absolute Gasteiger partial charge is 0.246 e. The molecule has 2 saturated heterocycles. The van der Waals surface area contributed by atoms with Crippen molar-refractivity contribution >= 4 is 30.9 Å². The van der Waals surface area contributed by atoms with Gasteiger partial charge in [0.2, 0.25) is 5.95 Å². The van der Waals surface area contributed by atoms with Crippen LogP contribution in [0.3, 0.4) is 0 Å². The first-order valence-electron chi connectivity index (χ1n) is 10.8. The van der Waals surface area contributed by atoms with Crippen LogP contribution in [0.1, 0.15) is 5.56 Å². The Morgan fingerprint density at radius 1 is 0.969 bits per heavy atom. The number of nitrogens with zero attached hydrogens (tertiary/aromatic N) is 5. The van der Waals surface area contributed by atoms with Crippen molar-refractivity contribution in [3.8, 4) is 5.69 Å². The Hall–Kier alpha value is -2.98. The minimum Gasteiger partial charge on any atom is -0.378 e. The second-order valence-electron chi connectivity index (χ2n) is 8.42. The van der Waals surface area contributed by atoms with Crippen LogP contribution in [0.25, 0.3) is 5.69 Å². The molecule has 0 bridgehead atoms. The highest BCUT2D eigenvalue weighted by Gasteiger charge is 2.29. The van der Waals surface area contributed by atoms with Crippen LogP contribution in [0, 0.1) is 18.6 Å². The van der Waals surface area contributed by atoms with Crippen molar-refractivity contribution in [2.24, 2.45) is 0 Å². The van der Waals surface area contributed by atoms with Gasteiger partial charge in [-0.15, -0.1) is 5.10 Å². The van der Waals surface area contributed by atoms with E-state index >= 15 is 0 Å². The number of aryl methyl sites for hydroxylation is 1. The Balaban J connectivity index is 1.32. The molecular formula is C22H25BF2N6O. The van der Waals surface area contributed by atoms with Gasteiger partial charge in [-0.2, -0.15) is 0 Å². The largest absolute Gasteiger partial charge is 0.378 e. The molecular weight excluding hydrogens is 413 g/mol. The highest BCUT2D eigenvalue weighted by Crippen LogP contribution is 2.26. The van der Waals surface area contributed by atoms with Gasteiger partial charge < -0.3 is 15.0 Å². The van der Waals surface area contributed by atoms with Crippen molar-refractivity contribution in [3.63, 3.8) is 0 Å². The second kappa shape index (κ2) is 8.52. The molecule has 2 aromatic carbocycles. The Kier molecular flexibility index (Phi) is 5.56. The summed E-state index contributed by atoms with van der Waals surface area (Å²) in [6.07, 6.45) is 0. The molecule has 0 unspecified atom stereocenters. The number of ether oxygens (including phenoxy) is 1. The highest BCUT2D eigenvalue weighted by molar-refractivity contribution is 6.29. The van der Waals surface area contributed by atoms with Crippen LogP contribution in [0.5, 0.6) is 0 Å². The molecule has 0 atom stereocenters. The number of anilines is 3. The predicted molar refractivity (Wildman–Crippen MR) is 122 cm³/mol. The average Bonchev–Trinajstić information content (AvgIpc) is 3.06. The van der Waals surface area contributed by atoms with E-state index in [9.17, 15) is 8.78 Å². The molecule has 2 fully saturated rings. The zero-order valence-electron chi connectivity index (χ0n) is 18.2. The van der Waals surface area contributed by atoms with E-state index in [1.54, 1.807) is 7.85 Å². The van der Waals surface area contributed by atoms with Crippen molar-refractivity contribution in [2.45, 2.75) is 13.0 Å². The molecule has 166 valence electrons. The average molecular weight is 438 g/mol. The summed E-state index contributed by atoms with van der Waals surface area (Å²) in [5, 5.41) is 7.65. The number of aromatic nitrogens is 3. The topological polar surface area (TPSA) is 58.5 Å². The van der Waals surface area contributed by atoms with Gasteiger partial charge in [-0.05, 0) is 42.8 Å². The van der Waals surface area contributed by atoms with Crippen LogP contribution in [0.15, 0.2) is 36.4 Å². The Bertz CT molecular complexity index is 1110. The molecule has 0 saturated carbocycles. The fourth-order valence-electron chi connectivity index (χ4n) is 4.28. The first kappa shape index (κ1) is 20.9. The van der Waals surface area contributed by atoms with Crippen molar-refractivity contribution in [1.29, 1.82) is 0 Å². The second-order valence-corrected chi connectivity index (χ2v) is 8.42. The van der Waals surface area contributed by atoms with Crippen LogP contribution in [-0.2, 0) is 4.74 Å². The van der Waals surface area contributed by atoms with Gasteiger partial charge in [-0.1, -0.05) is 0 Å². The standard InChI is InChI=1S/C22H25BF2N6O/c1-14-6-17(11-18(7-14)29-2-4-30(5-3-29)20-12-32-13-20)26-22-27-21(23)31(28-22)19-9-15(24)8-16(25)10-19/h6-11,20H,2-5,12-13,23H2,1H3,(H,26,28). The normalized spacial score (nSPS) is 17.4. The van der Waals surface area contributed by atoms with Crippen LogP contribution in [0.2, 0.25) is 0 Å². The molecule has 3 aromatic rings. The van der Waals surface area contributed by atoms with Crippen LogP contribution >= 0.6 is 0 Å². The third kappa shape index (κ3) is 4.33. The maximum Gasteiger partial charge on any atom is 0.246 e. The third-order valence-electron chi connectivity index (χ3n) is 6.00. The number of halogens is 2. The molecule has 0 aliphatic carbocycles. The van der Waals surface area contributed by atoms with Crippen molar-refractivity contribution in [3.05, 3.63) is 53.6 Å². The highest BCUT2D eigenvalue weighted by atomic mass is 19.1. The number of nitrogens with one attached hydrogen (secondary N) is 1. The first-order chi connectivity index (χ1) is 15.4. The van der Waals surface area contributed by atoms with Gasteiger partial charge in [0.15, 0.2) is 7.85 Å². The van der Waals surface area contributed by atoms with E-state index in [-0.39, 0.29) is 0 Å². The van der Waals surface area contributed by atoms with Gasteiger partial charge >= 0.3 is 0 Å². The summed E-state index contributed by atoms with van der Waals surface area (Å²) < 4.78 is 34.0. The lowest BCUT2D eigenvalue weighted by atomic mass is 10.1. The summed E-state index contributed by atoms with van der Waals surface area (Å²) in [5.41, 5.74) is 3.97. The summed E-state index contributed by atoms with van der Waals surface area (Å²) in [5.74, 6) is -0.936. The van der Waals surface area contributed by atoms with Crippen molar-refractivity contribution in [1.82, 2.24) is 19.7 Å². The van der Waals surface area contributed by atoms with E-state index in [0.29, 0.717) is 23.4 Å². The summed E-state index contributed by atoms with van der Waals surface area (Å²) in [6, 6.07) is 10.2. The molecule has 2 aliphatic rings. The lowest BCUT2D eigenvalue weighted by molar-refractivity contribution is -0.0660. The molecule has 0 amide bonds. The van der Waals surface area contributed by atoms with E-state index in [0.717, 1.165) is 62.4 Å². The summed E-state index contributed by atoms with van der Waals surface area (Å²) in [4.78, 5) is 9.32. The summed E-state index contributed by atoms with van der Waals surface area (Å²) in [6.45, 7) is 7.75. The molecule has 0 radical (unpaired) electrons. The lowest BCUT2D eigenvalue weighted by Gasteiger charge is -2.43.